The highest BCUT2D eigenvalue weighted by atomic mass is 32.2. The first kappa shape index (κ1) is 12.0. The largest absolute Gasteiger partial charge is 0.494 e. The van der Waals surface area contributed by atoms with Gasteiger partial charge in [-0.05, 0) is 43.7 Å². The molecular formula is C12H15N3OS. The van der Waals surface area contributed by atoms with Gasteiger partial charge < -0.3 is 10.5 Å². The highest BCUT2D eigenvalue weighted by Gasteiger charge is 2.19. The van der Waals surface area contributed by atoms with Crippen molar-refractivity contribution in [2.45, 2.75) is 19.1 Å². The van der Waals surface area contributed by atoms with Gasteiger partial charge in [-0.15, -0.1) is 5.10 Å². The fourth-order valence-corrected chi connectivity index (χ4v) is 2.37. The normalized spacial score (nSPS) is 19.5. The number of rotatable bonds is 3. The summed E-state index contributed by atoms with van der Waals surface area (Å²) in [5.41, 5.74) is 7.63. The number of nitrogens with zero attached hydrogens (tertiary/aromatic N) is 2. The van der Waals surface area contributed by atoms with Crippen LogP contribution in [-0.4, -0.2) is 22.7 Å². The van der Waals surface area contributed by atoms with E-state index in [0.717, 1.165) is 17.0 Å². The van der Waals surface area contributed by atoms with E-state index in [1.165, 1.54) is 11.8 Å². The van der Waals surface area contributed by atoms with E-state index in [1.807, 2.05) is 31.2 Å². The lowest BCUT2D eigenvalue weighted by molar-refractivity contribution is 0.340. The third-order valence-electron chi connectivity index (χ3n) is 2.40. The van der Waals surface area contributed by atoms with Gasteiger partial charge in [0, 0.05) is 0 Å². The third kappa shape index (κ3) is 2.79. The predicted molar refractivity (Wildman–Crippen MR) is 72.8 cm³/mol. The molecule has 2 N–H and O–H groups in total. The van der Waals surface area contributed by atoms with Gasteiger partial charge in [-0.25, -0.2) is 0 Å². The van der Waals surface area contributed by atoms with Gasteiger partial charge in [-0.2, -0.15) is 5.10 Å². The molecule has 0 radical (unpaired) electrons. The zero-order valence-corrected chi connectivity index (χ0v) is 10.7. The van der Waals surface area contributed by atoms with Crippen LogP contribution in [0.4, 0.5) is 0 Å². The Morgan fingerprint density at radius 2 is 2.00 bits per heavy atom. The SMILES string of the molecule is CCOc1ccc(C2=NN=C(N)SC2C)cc1. The minimum Gasteiger partial charge on any atom is -0.494 e. The summed E-state index contributed by atoms with van der Waals surface area (Å²) in [6.07, 6.45) is 0. The molecule has 1 aromatic rings. The van der Waals surface area contributed by atoms with Crippen LogP contribution in [0.3, 0.4) is 0 Å². The van der Waals surface area contributed by atoms with Crippen LogP contribution < -0.4 is 10.5 Å². The fourth-order valence-electron chi connectivity index (χ4n) is 1.63. The Labute approximate surface area is 105 Å². The van der Waals surface area contributed by atoms with Crippen molar-refractivity contribution in [2.24, 2.45) is 15.9 Å². The Kier molecular flexibility index (Phi) is 3.68. The van der Waals surface area contributed by atoms with Crippen molar-refractivity contribution < 1.29 is 4.74 Å². The molecule has 5 heteroatoms. The standard InChI is InChI=1S/C12H15N3OS/c1-3-16-10-6-4-9(5-7-10)11-8(2)17-12(13)15-14-11/h4-8H,3H2,1-2H3,(H2,13,15). The minimum absolute atomic E-state index is 0.227. The molecule has 17 heavy (non-hydrogen) atoms. The van der Waals surface area contributed by atoms with Gasteiger partial charge in [-0.1, -0.05) is 11.8 Å². The molecule has 1 aliphatic heterocycles. The van der Waals surface area contributed by atoms with Crippen molar-refractivity contribution in [3.05, 3.63) is 29.8 Å². The lowest BCUT2D eigenvalue weighted by Gasteiger charge is -2.16. The summed E-state index contributed by atoms with van der Waals surface area (Å²) in [4.78, 5) is 0. The summed E-state index contributed by atoms with van der Waals surface area (Å²) in [7, 11) is 0. The minimum atomic E-state index is 0.227. The first-order valence-corrected chi connectivity index (χ1v) is 6.39. The van der Waals surface area contributed by atoms with Gasteiger partial charge in [0.15, 0.2) is 5.17 Å². The fraction of sp³-hybridized carbons (Fsp3) is 0.333. The van der Waals surface area contributed by atoms with Crippen molar-refractivity contribution in [1.29, 1.82) is 0 Å². The van der Waals surface area contributed by atoms with Gasteiger partial charge in [-0.3, -0.25) is 0 Å². The average molecular weight is 249 g/mol. The third-order valence-corrected chi connectivity index (χ3v) is 3.30. The van der Waals surface area contributed by atoms with E-state index >= 15 is 0 Å². The van der Waals surface area contributed by atoms with Gasteiger partial charge in [0.1, 0.15) is 5.75 Å². The first-order valence-electron chi connectivity index (χ1n) is 5.51. The van der Waals surface area contributed by atoms with Crippen molar-refractivity contribution >= 4 is 22.6 Å². The number of hydrogen-bond acceptors (Lipinski definition) is 5. The first-order chi connectivity index (χ1) is 8.20. The molecule has 2 rings (SSSR count). The maximum Gasteiger partial charge on any atom is 0.181 e. The maximum atomic E-state index is 5.61. The Morgan fingerprint density at radius 3 is 2.59 bits per heavy atom. The van der Waals surface area contributed by atoms with Gasteiger partial charge in [0.2, 0.25) is 0 Å². The van der Waals surface area contributed by atoms with Crippen LogP contribution in [0.15, 0.2) is 34.5 Å². The predicted octanol–water partition coefficient (Wildman–Crippen LogP) is 2.24. The molecule has 0 spiro atoms. The van der Waals surface area contributed by atoms with Crippen molar-refractivity contribution in [3.8, 4) is 5.75 Å². The van der Waals surface area contributed by atoms with Crippen LogP contribution >= 0.6 is 11.8 Å². The van der Waals surface area contributed by atoms with Crippen LogP contribution in [-0.2, 0) is 0 Å². The van der Waals surface area contributed by atoms with E-state index in [1.54, 1.807) is 0 Å². The van der Waals surface area contributed by atoms with Gasteiger partial charge >= 0.3 is 0 Å². The van der Waals surface area contributed by atoms with Crippen molar-refractivity contribution in [3.63, 3.8) is 0 Å². The lowest BCUT2D eigenvalue weighted by atomic mass is 10.1. The summed E-state index contributed by atoms with van der Waals surface area (Å²) in [5, 5.41) is 8.81. The summed E-state index contributed by atoms with van der Waals surface area (Å²) in [6, 6.07) is 7.89. The number of amidine groups is 1. The number of hydrogen-bond donors (Lipinski definition) is 1. The molecule has 0 fully saturated rings. The Balaban J connectivity index is 2.22. The summed E-state index contributed by atoms with van der Waals surface area (Å²) in [6.45, 7) is 4.71. The van der Waals surface area contributed by atoms with Gasteiger partial charge in [0.25, 0.3) is 0 Å². The van der Waals surface area contributed by atoms with Crippen LogP contribution in [0.5, 0.6) is 5.75 Å². The molecule has 0 bridgehead atoms. The quantitative estimate of drug-likeness (QED) is 0.893. The van der Waals surface area contributed by atoms with Crippen molar-refractivity contribution in [2.75, 3.05) is 6.61 Å². The van der Waals surface area contributed by atoms with Crippen molar-refractivity contribution in [1.82, 2.24) is 0 Å². The molecule has 1 aromatic carbocycles. The van der Waals surface area contributed by atoms with Crippen LogP contribution in [0.2, 0.25) is 0 Å². The number of benzene rings is 1. The lowest BCUT2D eigenvalue weighted by Crippen LogP contribution is -2.23. The van der Waals surface area contributed by atoms with E-state index < -0.39 is 0 Å². The second-order valence-electron chi connectivity index (χ2n) is 3.64. The Bertz CT molecular complexity index is 453. The number of nitrogens with two attached hydrogens (primary N) is 1. The molecule has 0 saturated carbocycles. The highest BCUT2D eigenvalue weighted by Crippen LogP contribution is 2.22. The molecule has 4 nitrogen and oxygen atoms in total. The molecule has 0 amide bonds. The number of thioether (sulfide) groups is 1. The monoisotopic (exact) mass is 249 g/mol. The van der Waals surface area contributed by atoms with Gasteiger partial charge in [0.05, 0.1) is 17.6 Å². The summed E-state index contributed by atoms with van der Waals surface area (Å²) in [5.74, 6) is 0.871. The van der Waals surface area contributed by atoms with E-state index in [4.69, 9.17) is 10.5 Å². The Morgan fingerprint density at radius 1 is 1.29 bits per heavy atom. The molecular weight excluding hydrogens is 234 g/mol. The van der Waals surface area contributed by atoms with E-state index in [9.17, 15) is 0 Å². The van der Waals surface area contributed by atoms with E-state index in [0.29, 0.717) is 11.8 Å². The maximum absolute atomic E-state index is 5.61. The summed E-state index contributed by atoms with van der Waals surface area (Å²) < 4.78 is 5.40. The zero-order valence-electron chi connectivity index (χ0n) is 9.88. The smallest absolute Gasteiger partial charge is 0.181 e. The zero-order chi connectivity index (χ0) is 12.3. The molecule has 0 aliphatic carbocycles. The number of ether oxygens (including phenoxy) is 1. The molecule has 1 unspecified atom stereocenters. The molecule has 1 heterocycles. The summed E-state index contributed by atoms with van der Waals surface area (Å²) >= 11 is 1.52. The topological polar surface area (TPSA) is 60.0 Å². The molecule has 0 saturated heterocycles. The van der Waals surface area contributed by atoms with E-state index in [-0.39, 0.29) is 5.25 Å². The second-order valence-corrected chi connectivity index (χ2v) is 5.00. The van der Waals surface area contributed by atoms with Crippen LogP contribution in [0, 0.1) is 0 Å². The average Bonchev–Trinajstić information content (AvgIpc) is 2.31. The van der Waals surface area contributed by atoms with Crippen LogP contribution in [0.1, 0.15) is 19.4 Å². The van der Waals surface area contributed by atoms with E-state index in [2.05, 4.69) is 17.1 Å². The van der Waals surface area contributed by atoms with Crippen LogP contribution in [0.25, 0.3) is 0 Å². The molecule has 1 atom stereocenters. The molecule has 90 valence electrons. The molecule has 0 aromatic heterocycles. The second kappa shape index (κ2) is 5.23. The highest BCUT2D eigenvalue weighted by molar-refractivity contribution is 8.15. The molecule has 1 aliphatic rings. The Hall–Kier alpha value is -1.49.